The Morgan fingerprint density at radius 1 is 1.14 bits per heavy atom. The van der Waals surface area contributed by atoms with Crippen LogP contribution >= 0.6 is 0 Å². The van der Waals surface area contributed by atoms with Crippen molar-refractivity contribution in [2.24, 2.45) is 5.92 Å². The Balaban J connectivity index is 1.55. The molecule has 3 heteroatoms. The van der Waals surface area contributed by atoms with E-state index >= 15 is 0 Å². The lowest BCUT2D eigenvalue weighted by atomic mass is 9.89. The van der Waals surface area contributed by atoms with Gasteiger partial charge >= 0.3 is 0 Å². The second kappa shape index (κ2) is 5.88. The summed E-state index contributed by atoms with van der Waals surface area (Å²) in [5, 5.41) is 1.29. The van der Waals surface area contributed by atoms with Gasteiger partial charge in [-0.05, 0) is 50.2 Å². The minimum atomic E-state index is 0.526. The number of anilines is 1. The molecule has 0 radical (unpaired) electrons. The van der Waals surface area contributed by atoms with Crippen LogP contribution in [0.1, 0.15) is 31.2 Å². The number of pyridine rings is 1. The van der Waals surface area contributed by atoms with Gasteiger partial charge in [-0.25, -0.2) is 0 Å². The Bertz CT molecular complexity index is 656. The number of aryl methyl sites for hydroxylation is 1. The predicted molar refractivity (Wildman–Crippen MR) is 90.4 cm³/mol. The van der Waals surface area contributed by atoms with Crippen molar-refractivity contribution in [2.45, 2.75) is 38.7 Å². The minimum Gasteiger partial charge on any atom is -0.378 e. The van der Waals surface area contributed by atoms with E-state index in [4.69, 9.17) is 4.74 Å². The summed E-state index contributed by atoms with van der Waals surface area (Å²) >= 11 is 0. The summed E-state index contributed by atoms with van der Waals surface area (Å²) in [5.74, 6) is 0.758. The molecule has 0 N–H and O–H groups in total. The molecule has 1 aromatic carbocycles. The van der Waals surface area contributed by atoms with Crippen molar-refractivity contribution in [3.05, 3.63) is 36.0 Å². The highest BCUT2D eigenvalue weighted by Gasteiger charge is 2.29. The van der Waals surface area contributed by atoms with E-state index in [0.717, 1.165) is 31.1 Å². The van der Waals surface area contributed by atoms with Crippen LogP contribution in [0.4, 0.5) is 5.69 Å². The molecule has 3 nitrogen and oxygen atoms in total. The molecule has 1 aromatic heterocycles. The molecule has 0 amide bonds. The number of rotatable bonds is 2. The van der Waals surface area contributed by atoms with Crippen LogP contribution in [0.25, 0.3) is 10.9 Å². The van der Waals surface area contributed by atoms with E-state index in [1.54, 1.807) is 0 Å². The first-order chi connectivity index (χ1) is 10.8. The number of ether oxygens (including phenoxy) is 1. The maximum atomic E-state index is 5.89. The molecule has 3 heterocycles. The SMILES string of the molecule is Cc1cccc2c(N3CCC(C4CCCO4)CC3)ccnc12. The molecule has 0 aliphatic carbocycles. The van der Waals surface area contributed by atoms with Gasteiger partial charge in [0, 0.05) is 37.0 Å². The van der Waals surface area contributed by atoms with Crippen molar-refractivity contribution in [1.82, 2.24) is 4.98 Å². The normalized spacial score (nSPS) is 23.3. The van der Waals surface area contributed by atoms with Gasteiger partial charge in [0.1, 0.15) is 0 Å². The fourth-order valence-corrected chi connectivity index (χ4v) is 4.07. The van der Waals surface area contributed by atoms with Gasteiger partial charge in [0.25, 0.3) is 0 Å². The van der Waals surface area contributed by atoms with Crippen LogP contribution in [0.2, 0.25) is 0 Å². The number of hydrogen-bond acceptors (Lipinski definition) is 3. The van der Waals surface area contributed by atoms with E-state index in [1.807, 2.05) is 6.20 Å². The zero-order chi connectivity index (χ0) is 14.9. The third kappa shape index (κ3) is 2.48. The monoisotopic (exact) mass is 296 g/mol. The van der Waals surface area contributed by atoms with Crippen molar-refractivity contribution in [3.8, 4) is 0 Å². The van der Waals surface area contributed by atoms with Gasteiger partial charge < -0.3 is 9.64 Å². The van der Waals surface area contributed by atoms with E-state index in [2.05, 4.69) is 41.1 Å². The van der Waals surface area contributed by atoms with Crippen molar-refractivity contribution in [3.63, 3.8) is 0 Å². The molecule has 0 bridgehead atoms. The topological polar surface area (TPSA) is 25.4 Å². The minimum absolute atomic E-state index is 0.526. The Morgan fingerprint density at radius 2 is 2.00 bits per heavy atom. The van der Waals surface area contributed by atoms with E-state index in [-0.39, 0.29) is 0 Å². The number of para-hydroxylation sites is 1. The van der Waals surface area contributed by atoms with Gasteiger partial charge in [0.15, 0.2) is 0 Å². The molecule has 4 rings (SSSR count). The van der Waals surface area contributed by atoms with Gasteiger partial charge in [0.05, 0.1) is 11.6 Å². The molecular weight excluding hydrogens is 272 g/mol. The van der Waals surface area contributed by atoms with Gasteiger partial charge in [-0.2, -0.15) is 0 Å². The Kier molecular flexibility index (Phi) is 3.75. The van der Waals surface area contributed by atoms with Crippen LogP contribution in [0.3, 0.4) is 0 Å². The average molecular weight is 296 g/mol. The number of fused-ring (bicyclic) bond motifs is 1. The molecule has 2 aromatic rings. The second-order valence-electron chi connectivity index (χ2n) is 6.68. The molecule has 0 spiro atoms. The molecule has 2 aliphatic heterocycles. The fourth-order valence-electron chi connectivity index (χ4n) is 4.07. The zero-order valence-corrected chi connectivity index (χ0v) is 13.3. The van der Waals surface area contributed by atoms with Crippen LogP contribution in [0.5, 0.6) is 0 Å². The number of hydrogen-bond donors (Lipinski definition) is 0. The lowest BCUT2D eigenvalue weighted by Crippen LogP contribution is -2.37. The van der Waals surface area contributed by atoms with Crippen LogP contribution in [-0.2, 0) is 4.74 Å². The summed E-state index contributed by atoms with van der Waals surface area (Å²) in [5.41, 5.74) is 3.74. The number of piperidine rings is 1. The standard InChI is InChI=1S/C19H24N2O/c1-14-4-2-5-16-17(7-10-20-19(14)16)21-11-8-15(9-12-21)18-6-3-13-22-18/h2,4-5,7,10,15,18H,3,6,8-9,11-13H2,1H3. The lowest BCUT2D eigenvalue weighted by Gasteiger charge is -2.36. The molecule has 22 heavy (non-hydrogen) atoms. The number of benzene rings is 1. The van der Waals surface area contributed by atoms with Crippen LogP contribution in [-0.4, -0.2) is 30.8 Å². The molecular formula is C19H24N2O. The van der Waals surface area contributed by atoms with Gasteiger partial charge in [-0.1, -0.05) is 18.2 Å². The smallest absolute Gasteiger partial charge is 0.0751 e. The van der Waals surface area contributed by atoms with Crippen molar-refractivity contribution >= 4 is 16.6 Å². The summed E-state index contributed by atoms with van der Waals surface area (Å²) in [4.78, 5) is 7.10. The summed E-state index contributed by atoms with van der Waals surface area (Å²) in [6.07, 6.45) is 7.50. The summed E-state index contributed by atoms with van der Waals surface area (Å²) in [6.45, 7) is 5.39. The highest BCUT2D eigenvalue weighted by Crippen LogP contribution is 2.33. The molecule has 1 unspecified atom stereocenters. The summed E-state index contributed by atoms with van der Waals surface area (Å²) < 4.78 is 5.89. The van der Waals surface area contributed by atoms with E-state index < -0.39 is 0 Å². The molecule has 116 valence electrons. The molecule has 0 saturated carbocycles. The van der Waals surface area contributed by atoms with Crippen molar-refractivity contribution < 1.29 is 4.74 Å². The van der Waals surface area contributed by atoms with E-state index in [1.165, 1.54) is 42.3 Å². The fraction of sp³-hybridized carbons (Fsp3) is 0.526. The first-order valence-corrected chi connectivity index (χ1v) is 8.54. The maximum Gasteiger partial charge on any atom is 0.0751 e. The highest BCUT2D eigenvalue weighted by molar-refractivity contribution is 5.93. The third-order valence-electron chi connectivity index (χ3n) is 5.32. The van der Waals surface area contributed by atoms with Crippen LogP contribution < -0.4 is 4.90 Å². The molecule has 2 fully saturated rings. The zero-order valence-electron chi connectivity index (χ0n) is 13.3. The average Bonchev–Trinajstić information content (AvgIpc) is 3.10. The van der Waals surface area contributed by atoms with Gasteiger partial charge in [0.2, 0.25) is 0 Å². The Labute approximate surface area is 132 Å². The van der Waals surface area contributed by atoms with E-state index in [9.17, 15) is 0 Å². The predicted octanol–water partition coefficient (Wildman–Crippen LogP) is 3.94. The molecule has 2 saturated heterocycles. The van der Waals surface area contributed by atoms with Crippen LogP contribution in [0.15, 0.2) is 30.5 Å². The van der Waals surface area contributed by atoms with Crippen molar-refractivity contribution in [2.75, 3.05) is 24.6 Å². The first kappa shape index (κ1) is 14.0. The first-order valence-electron chi connectivity index (χ1n) is 8.54. The Morgan fingerprint density at radius 3 is 2.77 bits per heavy atom. The lowest BCUT2D eigenvalue weighted by molar-refractivity contribution is 0.0532. The third-order valence-corrected chi connectivity index (χ3v) is 5.32. The quantitative estimate of drug-likeness (QED) is 0.839. The summed E-state index contributed by atoms with van der Waals surface area (Å²) in [7, 11) is 0. The largest absolute Gasteiger partial charge is 0.378 e. The molecule has 2 aliphatic rings. The van der Waals surface area contributed by atoms with Gasteiger partial charge in [-0.15, -0.1) is 0 Å². The Hall–Kier alpha value is -1.61. The van der Waals surface area contributed by atoms with Crippen molar-refractivity contribution in [1.29, 1.82) is 0 Å². The number of aromatic nitrogens is 1. The summed E-state index contributed by atoms with van der Waals surface area (Å²) in [6, 6.07) is 8.66. The van der Waals surface area contributed by atoms with Crippen LogP contribution in [0, 0.1) is 12.8 Å². The number of nitrogens with zero attached hydrogens (tertiary/aromatic N) is 2. The molecule has 1 atom stereocenters. The second-order valence-corrected chi connectivity index (χ2v) is 6.68. The highest BCUT2D eigenvalue weighted by atomic mass is 16.5. The van der Waals surface area contributed by atoms with Gasteiger partial charge in [-0.3, -0.25) is 4.98 Å². The maximum absolute atomic E-state index is 5.89. The van der Waals surface area contributed by atoms with E-state index in [0.29, 0.717) is 6.10 Å².